The largest absolute Gasteiger partial charge is 0.397 e. The van der Waals surface area contributed by atoms with E-state index in [2.05, 4.69) is 17.2 Å². The molecule has 2 rings (SSSR count). The number of nitrogens with two attached hydrogens (primary N) is 1. The summed E-state index contributed by atoms with van der Waals surface area (Å²) in [6.07, 6.45) is 4.72. The quantitative estimate of drug-likeness (QED) is 0.735. The van der Waals surface area contributed by atoms with Crippen LogP contribution in [0.5, 0.6) is 0 Å². The number of carbonyl (C=O) groups excluding carboxylic acids is 1. The Morgan fingerprint density at radius 2 is 2.24 bits per heavy atom. The number of pyridine rings is 1. The molecule has 114 valence electrons. The van der Waals surface area contributed by atoms with E-state index in [0.29, 0.717) is 23.7 Å². The van der Waals surface area contributed by atoms with Crippen LogP contribution in [0.25, 0.3) is 10.2 Å². The van der Waals surface area contributed by atoms with E-state index in [9.17, 15) is 4.79 Å². The van der Waals surface area contributed by atoms with Gasteiger partial charge in [-0.05, 0) is 25.0 Å². The first kappa shape index (κ1) is 15.7. The number of anilines is 1. The molecule has 2 aromatic rings. The van der Waals surface area contributed by atoms with Crippen molar-refractivity contribution in [1.82, 2.24) is 10.3 Å². The summed E-state index contributed by atoms with van der Waals surface area (Å²) in [4.78, 5) is 17.7. The second-order valence-electron chi connectivity index (χ2n) is 4.78. The Morgan fingerprint density at radius 3 is 3.00 bits per heavy atom. The summed E-state index contributed by atoms with van der Waals surface area (Å²) >= 11 is 1.33. The monoisotopic (exact) mass is 307 g/mol. The molecule has 21 heavy (non-hydrogen) atoms. The molecule has 2 aromatic heterocycles. The van der Waals surface area contributed by atoms with Crippen molar-refractivity contribution in [1.29, 1.82) is 0 Å². The van der Waals surface area contributed by atoms with Gasteiger partial charge in [-0.15, -0.1) is 11.3 Å². The van der Waals surface area contributed by atoms with Gasteiger partial charge in [-0.25, -0.2) is 4.98 Å². The van der Waals surface area contributed by atoms with Crippen LogP contribution < -0.4 is 11.1 Å². The number of carbonyl (C=O) groups is 1. The molecule has 0 bridgehead atoms. The zero-order chi connectivity index (χ0) is 15.1. The van der Waals surface area contributed by atoms with Crippen LogP contribution in [0.1, 0.15) is 35.9 Å². The minimum Gasteiger partial charge on any atom is -0.397 e. The molecule has 0 aliphatic rings. The fraction of sp³-hybridized carbons (Fsp3) is 0.467. The van der Waals surface area contributed by atoms with Crippen LogP contribution >= 0.6 is 11.3 Å². The van der Waals surface area contributed by atoms with E-state index in [-0.39, 0.29) is 5.91 Å². The maximum Gasteiger partial charge on any atom is 0.263 e. The number of ether oxygens (including phenoxy) is 1. The summed E-state index contributed by atoms with van der Waals surface area (Å²) in [6.45, 7) is 4.18. The summed E-state index contributed by atoms with van der Waals surface area (Å²) in [5, 5.41) is 3.72. The third-order valence-corrected chi connectivity index (χ3v) is 4.23. The lowest BCUT2D eigenvalue weighted by Crippen LogP contribution is -2.25. The Morgan fingerprint density at radius 1 is 1.43 bits per heavy atom. The molecule has 0 radical (unpaired) electrons. The molecule has 0 aliphatic heterocycles. The molecule has 0 saturated heterocycles. The summed E-state index contributed by atoms with van der Waals surface area (Å²) in [6, 6.07) is 3.70. The van der Waals surface area contributed by atoms with Crippen molar-refractivity contribution < 1.29 is 9.53 Å². The number of nitrogens with zero attached hydrogens (tertiary/aromatic N) is 1. The number of fused-ring (bicyclic) bond motifs is 1. The van der Waals surface area contributed by atoms with Gasteiger partial charge in [0, 0.05) is 31.3 Å². The van der Waals surface area contributed by atoms with E-state index in [1.807, 2.05) is 12.1 Å². The number of unbranched alkanes of at least 4 members (excludes halogenated alkanes) is 1. The standard InChI is InChI=1S/C15H21N3O2S/c1-2-3-9-20-10-5-8-17-14(19)13-12(16)11-6-4-7-18-15(11)21-13/h4,6-7H,2-3,5,8-10,16H2,1H3,(H,17,19). The van der Waals surface area contributed by atoms with Gasteiger partial charge in [-0.2, -0.15) is 0 Å². The third-order valence-electron chi connectivity index (χ3n) is 3.10. The van der Waals surface area contributed by atoms with E-state index in [1.54, 1.807) is 6.20 Å². The number of nitrogen functional groups attached to an aromatic ring is 1. The molecule has 0 atom stereocenters. The Hall–Kier alpha value is -1.66. The maximum absolute atomic E-state index is 12.1. The van der Waals surface area contributed by atoms with Gasteiger partial charge in [0.1, 0.15) is 9.71 Å². The average Bonchev–Trinajstić information content (AvgIpc) is 2.84. The summed E-state index contributed by atoms with van der Waals surface area (Å²) in [5.41, 5.74) is 6.52. The van der Waals surface area contributed by atoms with Crippen LogP contribution in [0.4, 0.5) is 5.69 Å². The van der Waals surface area contributed by atoms with Gasteiger partial charge in [-0.1, -0.05) is 13.3 Å². The van der Waals surface area contributed by atoms with Crippen LogP contribution in [0, 0.1) is 0 Å². The highest BCUT2D eigenvalue weighted by molar-refractivity contribution is 7.21. The van der Waals surface area contributed by atoms with Crippen LogP contribution in [0.3, 0.4) is 0 Å². The Balaban J connectivity index is 1.81. The van der Waals surface area contributed by atoms with Crippen molar-refractivity contribution in [3.05, 3.63) is 23.2 Å². The van der Waals surface area contributed by atoms with Crippen LogP contribution in [0.2, 0.25) is 0 Å². The third kappa shape index (κ3) is 4.15. The molecule has 2 heterocycles. The van der Waals surface area contributed by atoms with Crippen molar-refractivity contribution in [3.63, 3.8) is 0 Å². The van der Waals surface area contributed by atoms with Crippen LogP contribution in [0.15, 0.2) is 18.3 Å². The molecule has 0 spiro atoms. The normalized spacial score (nSPS) is 10.9. The molecule has 0 fully saturated rings. The minimum absolute atomic E-state index is 0.135. The predicted molar refractivity (Wildman–Crippen MR) is 86.7 cm³/mol. The molecule has 0 unspecified atom stereocenters. The zero-order valence-electron chi connectivity index (χ0n) is 12.2. The minimum atomic E-state index is -0.135. The lowest BCUT2D eigenvalue weighted by molar-refractivity contribution is 0.0945. The van der Waals surface area contributed by atoms with Crippen molar-refractivity contribution in [2.75, 3.05) is 25.5 Å². The van der Waals surface area contributed by atoms with Crippen molar-refractivity contribution in [2.24, 2.45) is 0 Å². The molecular formula is C15H21N3O2S. The molecule has 0 aliphatic carbocycles. The molecule has 0 saturated carbocycles. The van der Waals surface area contributed by atoms with Gasteiger partial charge in [0.2, 0.25) is 0 Å². The Kier molecular flexibility index (Phi) is 5.95. The second-order valence-corrected chi connectivity index (χ2v) is 5.78. The van der Waals surface area contributed by atoms with E-state index in [0.717, 1.165) is 36.1 Å². The van der Waals surface area contributed by atoms with Gasteiger partial charge in [0.25, 0.3) is 5.91 Å². The van der Waals surface area contributed by atoms with Gasteiger partial charge < -0.3 is 15.8 Å². The number of amides is 1. The maximum atomic E-state index is 12.1. The van der Waals surface area contributed by atoms with E-state index in [1.165, 1.54) is 11.3 Å². The SMILES string of the molecule is CCCCOCCCNC(=O)c1sc2ncccc2c1N. The Bertz CT molecular complexity index is 598. The lowest BCUT2D eigenvalue weighted by atomic mass is 10.2. The van der Waals surface area contributed by atoms with E-state index in [4.69, 9.17) is 10.5 Å². The molecule has 6 heteroatoms. The van der Waals surface area contributed by atoms with Gasteiger partial charge in [0.15, 0.2) is 0 Å². The molecule has 5 nitrogen and oxygen atoms in total. The number of nitrogens with one attached hydrogen (secondary N) is 1. The summed E-state index contributed by atoms with van der Waals surface area (Å²) < 4.78 is 5.45. The van der Waals surface area contributed by atoms with E-state index >= 15 is 0 Å². The van der Waals surface area contributed by atoms with Gasteiger partial charge >= 0.3 is 0 Å². The van der Waals surface area contributed by atoms with Crippen LogP contribution in [-0.4, -0.2) is 30.6 Å². The number of thiophene rings is 1. The highest BCUT2D eigenvalue weighted by Crippen LogP contribution is 2.31. The van der Waals surface area contributed by atoms with Crippen molar-refractivity contribution in [2.45, 2.75) is 26.2 Å². The first-order valence-corrected chi connectivity index (χ1v) is 8.04. The first-order valence-electron chi connectivity index (χ1n) is 7.23. The topological polar surface area (TPSA) is 77.2 Å². The molecule has 3 N–H and O–H groups in total. The van der Waals surface area contributed by atoms with Gasteiger partial charge in [0.05, 0.1) is 5.69 Å². The average molecular weight is 307 g/mol. The second kappa shape index (κ2) is 7.95. The summed E-state index contributed by atoms with van der Waals surface area (Å²) in [7, 11) is 0. The van der Waals surface area contributed by atoms with Crippen LogP contribution in [-0.2, 0) is 4.74 Å². The highest BCUT2D eigenvalue weighted by Gasteiger charge is 2.16. The van der Waals surface area contributed by atoms with Crippen molar-refractivity contribution in [3.8, 4) is 0 Å². The number of aromatic nitrogens is 1. The van der Waals surface area contributed by atoms with Gasteiger partial charge in [-0.3, -0.25) is 4.79 Å². The predicted octanol–water partition coefficient (Wildman–Crippen LogP) is 2.82. The highest BCUT2D eigenvalue weighted by atomic mass is 32.1. The molecule has 0 aromatic carbocycles. The van der Waals surface area contributed by atoms with E-state index < -0.39 is 0 Å². The summed E-state index contributed by atoms with van der Waals surface area (Å²) in [5.74, 6) is -0.135. The lowest BCUT2D eigenvalue weighted by Gasteiger charge is -2.05. The zero-order valence-corrected chi connectivity index (χ0v) is 13.0. The number of hydrogen-bond acceptors (Lipinski definition) is 5. The van der Waals surface area contributed by atoms with Crippen molar-refractivity contribution >= 4 is 33.1 Å². The fourth-order valence-corrected chi connectivity index (χ4v) is 2.90. The first-order chi connectivity index (χ1) is 10.2. The fourth-order valence-electron chi connectivity index (χ4n) is 1.92. The molecule has 1 amide bonds. The smallest absolute Gasteiger partial charge is 0.263 e. The number of rotatable bonds is 8. The number of hydrogen-bond donors (Lipinski definition) is 2. The molecular weight excluding hydrogens is 286 g/mol. The Labute approximate surface area is 128 Å².